The average molecular weight is 315 g/mol. The van der Waals surface area contributed by atoms with E-state index in [4.69, 9.17) is 40.5 Å². The van der Waals surface area contributed by atoms with Gasteiger partial charge in [0.1, 0.15) is 0 Å². The van der Waals surface area contributed by atoms with E-state index in [1.807, 2.05) is 43.3 Å². The largest absolute Gasteiger partial charge is 0.398 e. The molecule has 2 aromatic rings. The van der Waals surface area contributed by atoms with E-state index in [0.717, 1.165) is 11.1 Å². The van der Waals surface area contributed by atoms with Gasteiger partial charge in [-0.1, -0.05) is 41.4 Å². The molecule has 2 N–H and O–H groups in total. The Balaban J connectivity index is 2.48. The van der Waals surface area contributed by atoms with Crippen LogP contribution in [-0.4, -0.2) is 5.38 Å². The van der Waals surface area contributed by atoms with Crippen LogP contribution in [0.4, 0.5) is 5.69 Å². The molecule has 0 aliphatic rings. The number of halogens is 3. The van der Waals surface area contributed by atoms with Gasteiger partial charge >= 0.3 is 0 Å². The van der Waals surface area contributed by atoms with E-state index in [1.54, 1.807) is 6.07 Å². The Morgan fingerprint density at radius 3 is 2.05 bits per heavy atom. The van der Waals surface area contributed by atoms with Gasteiger partial charge in [0.05, 0.1) is 0 Å². The maximum absolute atomic E-state index is 6.34. The molecule has 0 radical (unpaired) electrons. The second-order valence-corrected chi connectivity index (χ2v) is 6.04. The SMILES string of the molecule is CC(Cl)C(c1ccc(Cl)cc1)c1ccc(Cl)cc1N. The lowest BCUT2D eigenvalue weighted by atomic mass is 9.88. The fourth-order valence-corrected chi connectivity index (χ4v) is 2.78. The third kappa shape index (κ3) is 3.36. The molecule has 0 bridgehead atoms. The zero-order valence-corrected chi connectivity index (χ0v) is 12.7. The van der Waals surface area contributed by atoms with Crippen molar-refractivity contribution < 1.29 is 0 Å². The minimum atomic E-state index is -0.0929. The van der Waals surface area contributed by atoms with E-state index in [1.165, 1.54) is 0 Å². The van der Waals surface area contributed by atoms with Crippen LogP contribution in [0.2, 0.25) is 10.0 Å². The predicted octanol–water partition coefficient (Wildman–Crippen LogP) is 5.33. The van der Waals surface area contributed by atoms with Crippen LogP contribution in [0.25, 0.3) is 0 Å². The van der Waals surface area contributed by atoms with E-state index in [-0.39, 0.29) is 11.3 Å². The van der Waals surface area contributed by atoms with Crippen molar-refractivity contribution in [2.24, 2.45) is 0 Å². The molecule has 0 aliphatic heterocycles. The van der Waals surface area contributed by atoms with Gasteiger partial charge < -0.3 is 5.73 Å². The molecule has 4 heteroatoms. The first kappa shape index (κ1) is 14.5. The average Bonchev–Trinajstić information content (AvgIpc) is 2.34. The third-order valence-electron chi connectivity index (χ3n) is 3.07. The van der Waals surface area contributed by atoms with Crippen molar-refractivity contribution in [1.29, 1.82) is 0 Å². The molecule has 1 nitrogen and oxygen atoms in total. The number of anilines is 1. The summed E-state index contributed by atoms with van der Waals surface area (Å²) in [4.78, 5) is 0. The molecule has 2 unspecified atom stereocenters. The number of nitrogens with two attached hydrogens (primary N) is 1. The standard InChI is InChI=1S/C15H14Cl3N/c1-9(16)15(10-2-4-11(17)5-3-10)13-7-6-12(18)8-14(13)19/h2-9,15H,19H2,1H3. The van der Waals surface area contributed by atoms with Gasteiger partial charge in [-0.25, -0.2) is 0 Å². The minimum Gasteiger partial charge on any atom is -0.398 e. The van der Waals surface area contributed by atoms with Crippen LogP contribution in [0.3, 0.4) is 0 Å². The molecule has 2 rings (SSSR count). The molecule has 0 fully saturated rings. The second kappa shape index (κ2) is 6.04. The van der Waals surface area contributed by atoms with E-state index in [0.29, 0.717) is 15.7 Å². The fourth-order valence-electron chi connectivity index (χ4n) is 2.19. The zero-order chi connectivity index (χ0) is 14.0. The first-order chi connectivity index (χ1) is 8.99. The van der Waals surface area contributed by atoms with Crippen molar-refractivity contribution in [2.75, 3.05) is 5.73 Å². The van der Waals surface area contributed by atoms with Gasteiger partial charge in [-0.05, 0) is 42.3 Å². The van der Waals surface area contributed by atoms with Gasteiger partial charge in [0.15, 0.2) is 0 Å². The zero-order valence-electron chi connectivity index (χ0n) is 10.4. The fraction of sp³-hybridized carbons (Fsp3) is 0.200. The molecule has 2 aromatic carbocycles. The van der Waals surface area contributed by atoms with Crippen LogP contribution < -0.4 is 5.73 Å². The Morgan fingerprint density at radius 1 is 0.947 bits per heavy atom. The highest BCUT2D eigenvalue weighted by Gasteiger charge is 2.21. The van der Waals surface area contributed by atoms with Crippen molar-refractivity contribution in [3.63, 3.8) is 0 Å². The Bertz CT molecular complexity index is 564. The molecule has 0 spiro atoms. The van der Waals surface area contributed by atoms with E-state index < -0.39 is 0 Å². The molecule has 0 saturated heterocycles. The Hall–Kier alpha value is -0.890. The van der Waals surface area contributed by atoms with Crippen molar-refractivity contribution >= 4 is 40.5 Å². The highest BCUT2D eigenvalue weighted by Crippen LogP contribution is 2.35. The van der Waals surface area contributed by atoms with Crippen LogP contribution in [0.1, 0.15) is 24.0 Å². The molecule has 19 heavy (non-hydrogen) atoms. The summed E-state index contributed by atoms with van der Waals surface area (Å²) in [5, 5.41) is 1.23. The van der Waals surface area contributed by atoms with Crippen molar-refractivity contribution in [3.8, 4) is 0 Å². The lowest BCUT2D eigenvalue weighted by molar-refractivity contribution is 0.789. The summed E-state index contributed by atoms with van der Waals surface area (Å²) in [6.07, 6.45) is 0. The van der Waals surface area contributed by atoms with Crippen molar-refractivity contribution in [3.05, 3.63) is 63.6 Å². The van der Waals surface area contributed by atoms with E-state index in [2.05, 4.69) is 0 Å². The molecular weight excluding hydrogens is 301 g/mol. The minimum absolute atomic E-state index is 0.0104. The molecule has 0 saturated carbocycles. The topological polar surface area (TPSA) is 26.0 Å². The van der Waals surface area contributed by atoms with Gasteiger partial charge in [-0.15, -0.1) is 11.6 Å². The van der Waals surface area contributed by atoms with Crippen molar-refractivity contribution in [2.45, 2.75) is 18.2 Å². The van der Waals surface area contributed by atoms with Crippen LogP contribution in [0.15, 0.2) is 42.5 Å². The summed E-state index contributed by atoms with van der Waals surface area (Å²) < 4.78 is 0. The monoisotopic (exact) mass is 313 g/mol. The van der Waals surface area contributed by atoms with E-state index >= 15 is 0 Å². The van der Waals surface area contributed by atoms with Crippen LogP contribution in [0.5, 0.6) is 0 Å². The summed E-state index contributed by atoms with van der Waals surface area (Å²) in [5.41, 5.74) is 8.78. The Morgan fingerprint density at radius 2 is 1.53 bits per heavy atom. The van der Waals surface area contributed by atoms with Crippen LogP contribution >= 0.6 is 34.8 Å². The number of nitrogen functional groups attached to an aromatic ring is 1. The summed E-state index contributed by atoms with van der Waals surface area (Å²) in [5.74, 6) is 0.0104. The molecule has 0 heterocycles. The predicted molar refractivity (Wildman–Crippen MR) is 84.5 cm³/mol. The maximum Gasteiger partial charge on any atom is 0.0426 e. The number of hydrogen-bond donors (Lipinski definition) is 1. The summed E-state index contributed by atoms with van der Waals surface area (Å²) in [6.45, 7) is 1.95. The lowest BCUT2D eigenvalue weighted by Gasteiger charge is -2.22. The first-order valence-electron chi connectivity index (χ1n) is 5.93. The van der Waals surface area contributed by atoms with Gasteiger partial charge in [0.2, 0.25) is 0 Å². The normalized spacial score (nSPS) is 14.1. The molecule has 2 atom stereocenters. The highest BCUT2D eigenvalue weighted by atomic mass is 35.5. The summed E-state index contributed by atoms with van der Waals surface area (Å²) in [7, 11) is 0. The molecule has 100 valence electrons. The molecule has 0 aromatic heterocycles. The van der Waals surface area contributed by atoms with Crippen LogP contribution in [0, 0.1) is 0 Å². The number of hydrogen-bond acceptors (Lipinski definition) is 1. The van der Waals surface area contributed by atoms with E-state index in [9.17, 15) is 0 Å². The molecule has 0 aliphatic carbocycles. The molecular formula is C15H14Cl3N. The van der Waals surface area contributed by atoms with Gasteiger partial charge in [-0.2, -0.15) is 0 Å². The second-order valence-electron chi connectivity index (χ2n) is 4.48. The van der Waals surface area contributed by atoms with Gasteiger partial charge in [-0.3, -0.25) is 0 Å². The first-order valence-corrected chi connectivity index (χ1v) is 7.12. The summed E-state index contributed by atoms with van der Waals surface area (Å²) >= 11 is 18.2. The van der Waals surface area contributed by atoms with Crippen LogP contribution in [-0.2, 0) is 0 Å². The van der Waals surface area contributed by atoms with Gasteiger partial charge in [0, 0.05) is 27.0 Å². The molecule has 0 amide bonds. The lowest BCUT2D eigenvalue weighted by Crippen LogP contribution is -2.13. The Kier molecular flexibility index (Phi) is 4.62. The van der Waals surface area contributed by atoms with Crippen molar-refractivity contribution in [1.82, 2.24) is 0 Å². The number of alkyl halides is 1. The number of rotatable bonds is 3. The highest BCUT2D eigenvalue weighted by molar-refractivity contribution is 6.31. The summed E-state index contributed by atoms with van der Waals surface area (Å²) in [6, 6.07) is 13.2. The third-order valence-corrected chi connectivity index (χ3v) is 3.81. The number of benzene rings is 2. The maximum atomic E-state index is 6.34. The quantitative estimate of drug-likeness (QED) is 0.601. The Labute approximate surface area is 128 Å². The van der Waals surface area contributed by atoms with Gasteiger partial charge in [0.25, 0.3) is 0 Å². The smallest absolute Gasteiger partial charge is 0.0426 e.